The summed E-state index contributed by atoms with van der Waals surface area (Å²) in [6, 6.07) is 8.29. The Balaban J connectivity index is 2.03. The number of carbonyl (C=O) groups is 1. The summed E-state index contributed by atoms with van der Waals surface area (Å²) in [6.07, 6.45) is 0.606. The maximum Gasteiger partial charge on any atom is 0.223 e. The van der Waals surface area contributed by atoms with Gasteiger partial charge in [0.25, 0.3) is 0 Å². The van der Waals surface area contributed by atoms with Gasteiger partial charge in [0.2, 0.25) is 5.91 Å². The van der Waals surface area contributed by atoms with Crippen molar-refractivity contribution in [3.63, 3.8) is 0 Å². The van der Waals surface area contributed by atoms with Crippen LogP contribution in [0.2, 0.25) is 0 Å². The maximum atomic E-state index is 11.7. The van der Waals surface area contributed by atoms with Gasteiger partial charge in [0.15, 0.2) is 0 Å². The van der Waals surface area contributed by atoms with Crippen LogP contribution in [-0.2, 0) is 11.3 Å². The monoisotopic (exact) mass is 237 g/mol. The predicted octanol–water partition coefficient (Wildman–Crippen LogP) is 2.58. The number of benzene rings is 1. The first-order chi connectivity index (χ1) is 7.69. The molecule has 1 heterocycles. The molecule has 0 aromatic heterocycles. The lowest BCUT2D eigenvalue weighted by Gasteiger charge is -2.16. The number of hydrogen-bond acceptors (Lipinski definition) is 1. The Bertz CT molecular complexity index is 391. The second-order valence-electron chi connectivity index (χ2n) is 4.49. The Morgan fingerprint density at radius 1 is 1.50 bits per heavy atom. The van der Waals surface area contributed by atoms with Crippen molar-refractivity contribution in [3.8, 4) is 0 Å². The molecule has 1 aromatic rings. The van der Waals surface area contributed by atoms with Gasteiger partial charge in [-0.1, -0.05) is 29.8 Å². The van der Waals surface area contributed by atoms with Gasteiger partial charge < -0.3 is 4.90 Å². The molecule has 0 N–H and O–H groups in total. The molecule has 0 radical (unpaired) electrons. The number of likely N-dealkylation sites (tertiary alicyclic amines) is 1. The van der Waals surface area contributed by atoms with E-state index in [1.165, 1.54) is 11.1 Å². The van der Waals surface area contributed by atoms with Crippen LogP contribution >= 0.6 is 11.6 Å². The molecule has 16 heavy (non-hydrogen) atoms. The summed E-state index contributed by atoms with van der Waals surface area (Å²) in [7, 11) is 0. The third-order valence-electron chi connectivity index (χ3n) is 2.97. The first kappa shape index (κ1) is 11.5. The van der Waals surface area contributed by atoms with Crippen molar-refractivity contribution in [2.24, 2.45) is 5.92 Å². The van der Waals surface area contributed by atoms with E-state index in [0.717, 1.165) is 6.54 Å². The topological polar surface area (TPSA) is 20.3 Å². The van der Waals surface area contributed by atoms with E-state index < -0.39 is 0 Å². The summed E-state index contributed by atoms with van der Waals surface area (Å²) < 4.78 is 0. The van der Waals surface area contributed by atoms with Crippen LogP contribution in [0.5, 0.6) is 0 Å². The molecule has 1 amide bonds. The fourth-order valence-corrected chi connectivity index (χ4v) is 2.35. The standard InChI is InChI=1S/C13H16ClNO/c1-10-3-2-4-11(5-10)8-15-9-12(7-14)6-13(15)16/h2-5,12H,6-9H2,1H3. The highest BCUT2D eigenvalue weighted by atomic mass is 35.5. The summed E-state index contributed by atoms with van der Waals surface area (Å²) in [4.78, 5) is 13.6. The van der Waals surface area contributed by atoms with E-state index in [0.29, 0.717) is 24.8 Å². The lowest BCUT2D eigenvalue weighted by molar-refractivity contribution is -0.128. The van der Waals surface area contributed by atoms with Crippen LogP contribution in [0.15, 0.2) is 24.3 Å². The number of amides is 1. The van der Waals surface area contributed by atoms with E-state index >= 15 is 0 Å². The Morgan fingerprint density at radius 3 is 2.94 bits per heavy atom. The van der Waals surface area contributed by atoms with Crippen molar-refractivity contribution < 1.29 is 4.79 Å². The Hall–Kier alpha value is -1.02. The average Bonchev–Trinajstić information content (AvgIpc) is 2.60. The number of rotatable bonds is 3. The van der Waals surface area contributed by atoms with Gasteiger partial charge in [0.1, 0.15) is 0 Å². The molecule has 1 saturated heterocycles. The number of aryl methyl sites for hydroxylation is 1. The van der Waals surface area contributed by atoms with Gasteiger partial charge in [-0.3, -0.25) is 4.79 Å². The molecule has 1 unspecified atom stereocenters. The van der Waals surface area contributed by atoms with Gasteiger partial charge >= 0.3 is 0 Å². The minimum Gasteiger partial charge on any atom is -0.338 e. The van der Waals surface area contributed by atoms with Crippen LogP contribution in [0.3, 0.4) is 0 Å². The van der Waals surface area contributed by atoms with Gasteiger partial charge in [-0.15, -0.1) is 11.6 Å². The fraction of sp³-hybridized carbons (Fsp3) is 0.462. The average molecular weight is 238 g/mol. The third kappa shape index (κ3) is 2.56. The molecule has 86 valence electrons. The number of halogens is 1. The molecule has 1 aromatic carbocycles. The SMILES string of the molecule is Cc1cccc(CN2CC(CCl)CC2=O)c1. The van der Waals surface area contributed by atoms with Crippen LogP contribution in [0, 0.1) is 12.8 Å². The molecule has 1 fully saturated rings. The molecule has 0 saturated carbocycles. The normalized spacial score (nSPS) is 20.5. The summed E-state index contributed by atoms with van der Waals surface area (Å²) in [6.45, 7) is 3.58. The predicted molar refractivity (Wildman–Crippen MR) is 65.4 cm³/mol. The van der Waals surface area contributed by atoms with Gasteiger partial charge in [0.05, 0.1) is 0 Å². The quantitative estimate of drug-likeness (QED) is 0.740. The Labute approximate surface area is 101 Å². The second kappa shape index (κ2) is 4.88. The Morgan fingerprint density at radius 2 is 2.31 bits per heavy atom. The lowest BCUT2D eigenvalue weighted by Crippen LogP contribution is -2.24. The minimum absolute atomic E-state index is 0.229. The van der Waals surface area contributed by atoms with Crippen molar-refractivity contribution in [1.82, 2.24) is 4.90 Å². The van der Waals surface area contributed by atoms with Gasteiger partial charge in [-0.2, -0.15) is 0 Å². The fourth-order valence-electron chi connectivity index (χ4n) is 2.14. The largest absolute Gasteiger partial charge is 0.338 e. The van der Waals surface area contributed by atoms with Gasteiger partial charge in [-0.05, 0) is 18.4 Å². The van der Waals surface area contributed by atoms with E-state index in [1.54, 1.807) is 0 Å². The highest BCUT2D eigenvalue weighted by Gasteiger charge is 2.28. The number of nitrogens with zero attached hydrogens (tertiary/aromatic N) is 1. The van der Waals surface area contributed by atoms with Crippen LogP contribution in [-0.4, -0.2) is 23.2 Å². The van der Waals surface area contributed by atoms with Crippen LogP contribution in [0.4, 0.5) is 0 Å². The van der Waals surface area contributed by atoms with E-state index in [1.807, 2.05) is 11.0 Å². The lowest BCUT2D eigenvalue weighted by atomic mass is 10.1. The van der Waals surface area contributed by atoms with Crippen molar-refractivity contribution in [2.75, 3.05) is 12.4 Å². The highest BCUT2D eigenvalue weighted by molar-refractivity contribution is 6.18. The van der Waals surface area contributed by atoms with E-state index in [-0.39, 0.29) is 5.91 Å². The van der Waals surface area contributed by atoms with Crippen molar-refractivity contribution >= 4 is 17.5 Å². The van der Waals surface area contributed by atoms with Crippen LogP contribution in [0.25, 0.3) is 0 Å². The molecule has 0 aliphatic carbocycles. The zero-order chi connectivity index (χ0) is 11.5. The molecule has 1 atom stereocenters. The molecule has 1 aliphatic rings. The molecule has 2 rings (SSSR count). The van der Waals surface area contributed by atoms with E-state index in [9.17, 15) is 4.79 Å². The maximum absolute atomic E-state index is 11.7. The van der Waals surface area contributed by atoms with E-state index in [4.69, 9.17) is 11.6 Å². The van der Waals surface area contributed by atoms with Gasteiger partial charge in [0, 0.05) is 25.4 Å². The van der Waals surface area contributed by atoms with Crippen molar-refractivity contribution in [1.29, 1.82) is 0 Å². The second-order valence-corrected chi connectivity index (χ2v) is 4.80. The zero-order valence-electron chi connectivity index (χ0n) is 9.45. The smallest absolute Gasteiger partial charge is 0.223 e. The summed E-state index contributed by atoms with van der Waals surface area (Å²) in [5.74, 6) is 1.14. The number of alkyl halides is 1. The molecule has 2 nitrogen and oxygen atoms in total. The van der Waals surface area contributed by atoms with E-state index in [2.05, 4.69) is 25.1 Å². The molecular formula is C13H16ClNO. The first-order valence-corrected chi connectivity index (χ1v) is 6.12. The summed E-state index contributed by atoms with van der Waals surface area (Å²) >= 11 is 5.79. The first-order valence-electron chi connectivity index (χ1n) is 5.58. The number of hydrogen-bond donors (Lipinski definition) is 0. The van der Waals surface area contributed by atoms with Gasteiger partial charge in [-0.25, -0.2) is 0 Å². The molecule has 0 bridgehead atoms. The highest BCUT2D eigenvalue weighted by Crippen LogP contribution is 2.21. The molecular weight excluding hydrogens is 222 g/mol. The molecule has 3 heteroatoms. The van der Waals surface area contributed by atoms with Crippen molar-refractivity contribution in [2.45, 2.75) is 19.9 Å². The summed E-state index contributed by atoms with van der Waals surface area (Å²) in [5, 5.41) is 0. The zero-order valence-corrected chi connectivity index (χ0v) is 10.2. The van der Waals surface area contributed by atoms with Crippen LogP contribution in [0.1, 0.15) is 17.5 Å². The third-order valence-corrected chi connectivity index (χ3v) is 3.41. The summed E-state index contributed by atoms with van der Waals surface area (Å²) in [5.41, 5.74) is 2.43. The van der Waals surface area contributed by atoms with Crippen molar-refractivity contribution in [3.05, 3.63) is 35.4 Å². The van der Waals surface area contributed by atoms with Crippen LogP contribution < -0.4 is 0 Å². The Kier molecular flexibility index (Phi) is 3.49. The molecule has 0 spiro atoms. The number of carbonyl (C=O) groups excluding carboxylic acids is 1. The molecule has 1 aliphatic heterocycles. The minimum atomic E-state index is 0.229.